The minimum absolute atomic E-state index is 0.214. The van der Waals surface area contributed by atoms with Crippen molar-refractivity contribution in [1.82, 2.24) is 5.32 Å². The highest BCUT2D eigenvalue weighted by molar-refractivity contribution is 5.22. The summed E-state index contributed by atoms with van der Waals surface area (Å²) in [6, 6.07) is 3.31. The molecular weight excluding hydrogens is 216 g/mol. The molecule has 0 heterocycles. The van der Waals surface area contributed by atoms with E-state index in [-0.39, 0.29) is 6.42 Å². The predicted octanol–water partition coefficient (Wildman–Crippen LogP) is 0.969. The van der Waals surface area contributed by atoms with E-state index in [0.29, 0.717) is 6.54 Å². The first-order valence-corrected chi connectivity index (χ1v) is 5.02. The number of rotatable bonds is 5. The smallest absolute Gasteiger partial charge is 0.132 e. The van der Waals surface area contributed by atoms with Crippen LogP contribution in [0.15, 0.2) is 18.2 Å². The summed E-state index contributed by atoms with van der Waals surface area (Å²) < 4.78 is 26.5. The quantitative estimate of drug-likeness (QED) is 0.707. The van der Waals surface area contributed by atoms with Crippen LogP contribution in [-0.4, -0.2) is 29.9 Å². The summed E-state index contributed by atoms with van der Waals surface area (Å²) in [6.07, 6.45) is -2.53. The number of nitrogens with one attached hydrogen (secondary N) is 1. The highest BCUT2D eigenvalue weighted by Gasteiger charge is 2.24. The van der Waals surface area contributed by atoms with Crippen LogP contribution < -0.4 is 5.32 Å². The Labute approximate surface area is 92.7 Å². The molecule has 3 nitrogen and oxygen atoms in total. The van der Waals surface area contributed by atoms with Crippen molar-refractivity contribution in [3.05, 3.63) is 35.4 Å². The molecule has 0 bridgehead atoms. The molecule has 0 amide bonds. The zero-order valence-corrected chi connectivity index (χ0v) is 8.95. The molecule has 2 unspecified atom stereocenters. The van der Waals surface area contributed by atoms with Gasteiger partial charge in [-0.05, 0) is 32.1 Å². The normalized spacial score (nSPS) is 14.8. The molecule has 0 fully saturated rings. The zero-order valence-electron chi connectivity index (χ0n) is 8.95. The lowest BCUT2D eigenvalue weighted by molar-refractivity contribution is 0.00982. The maximum Gasteiger partial charge on any atom is 0.132 e. The molecule has 0 saturated heterocycles. The Morgan fingerprint density at radius 2 is 1.81 bits per heavy atom. The molecule has 1 aromatic carbocycles. The summed E-state index contributed by atoms with van der Waals surface area (Å²) in [5, 5.41) is 21.9. The van der Waals surface area contributed by atoms with E-state index in [2.05, 4.69) is 5.32 Å². The van der Waals surface area contributed by atoms with Crippen molar-refractivity contribution < 1.29 is 19.0 Å². The van der Waals surface area contributed by atoms with Crippen LogP contribution in [0, 0.1) is 11.6 Å². The first-order chi connectivity index (χ1) is 7.57. The third kappa shape index (κ3) is 2.98. The van der Waals surface area contributed by atoms with Crippen LogP contribution in [0.4, 0.5) is 8.78 Å². The third-order valence-corrected chi connectivity index (χ3v) is 2.35. The number of hydrogen-bond donors (Lipinski definition) is 3. The topological polar surface area (TPSA) is 52.5 Å². The van der Waals surface area contributed by atoms with E-state index in [1.54, 1.807) is 7.05 Å². The van der Waals surface area contributed by atoms with E-state index in [1.165, 1.54) is 6.07 Å². The van der Waals surface area contributed by atoms with Crippen molar-refractivity contribution in [3.8, 4) is 0 Å². The lowest BCUT2D eigenvalue weighted by atomic mass is 10.0. The zero-order chi connectivity index (χ0) is 12.1. The van der Waals surface area contributed by atoms with Gasteiger partial charge >= 0.3 is 0 Å². The van der Waals surface area contributed by atoms with E-state index in [9.17, 15) is 19.0 Å². The van der Waals surface area contributed by atoms with Gasteiger partial charge in [0.05, 0.1) is 11.7 Å². The average Bonchev–Trinajstić information content (AvgIpc) is 2.25. The van der Waals surface area contributed by atoms with Gasteiger partial charge in [0.1, 0.15) is 17.7 Å². The van der Waals surface area contributed by atoms with Crippen LogP contribution >= 0.6 is 0 Å². The Morgan fingerprint density at radius 3 is 2.31 bits per heavy atom. The molecule has 16 heavy (non-hydrogen) atoms. The highest BCUT2D eigenvalue weighted by atomic mass is 19.1. The van der Waals surface area contributed by atoms with E-state index >= 15 is 0 Å². The Balaban J connectivity index is 2.82. The third-order valence-electron chi connectivity index (χ3n) is 2.35. The van der Waals surface area contributed by atoms with E-state index in [0.717, 1.165) is 12.1 Å². The molecule has 90 valence electrons. The second-order valence-electron chi connectivity index (χ2n) is 3.54. The number of benzene rings is 1. The monoisotopic (exact) mass is 231 g/mol. The van der Waals surface area contributed by atoms with Crippen molar-refractivity contribution in [2.45, 2.75) is 18.6 Å². The Bertz CT molecular complexity index is 327. The van der Waals surface area contributed by atoms with Crippen molar-refractivity contribution in [2.24, 2.45) is 0 Å². The first kappa shape index (κ1) is 13.0. The standard InChI is InChI=1S/C11H15F2NO2/c1-14-6-5-9(15)11(16)10-7(12)3-2-4-8(10)13/h2-4,9,11,14-16H,5-6H2,1H3. The lowest BCUT2D eigenvalue weighted by Gasteiger charge is -2.18. The molecule has 0 aliphatic rings. The number of aliphatic hydroxyl groups excluding tert-OH is 2. The predicted molar refractivity (Wildman–Crippen MR) is 55.9 cm³/mol. The fourth-order valence-corrected chi connectivity index (χ4v) is 1.44. The summed E-state index contributed by atoms with van der Waals surface area (Å²) in [7, 11) is 1.68. The van der Waals surface area contributed by atoms with E-state index in [4.69, 9.17) is 0 Å². The molecule has 2 atom stereocenters. The number of hydrogen-bond acceptors (Lipinski definition) is 3. The second kappa shape index (κ2) is 5.89. The minimum Gasteiger partial charge on any atom is -0.390 e. The van der Waals surface area contributed by atoms with Gasteiger partial charge in [0.25, 0.3) is 0 Å². The van der Waals surface area contributed by atoms with Crippen molar-refractivity contribution in [3.63, 3.8) is 0 Å². The van der Waals surface area contributed by atoms with Gasteiger partial charge in [-0.2, -0.15) is 0 Å². The Kier molecular flexibility index (Phi) is 4.79. The van der Waals surface area contributed by atoms with Crippen LogP contribution in [0.1, 0.15) is 18.1 Å². The molecule has 0 spiro atoms. The molecule has 0 aromatic heterocycles. The highest BCUT2D eigenvalue weighted by Crippen LogP contribution is 2.24. The van der Waals surface area contributed by atoms with Gasteiger partial charge in [-0.25, -0.2) is 8.78 Å². The summed E-state index contributed by atoms with van der Waals surface area (Å²) in [5.41, 5.74) is -0.480. The fourth-order valence-electron chi connectivity index (χ4n) is 1.44. The second-order valence-corrected chi connectivity index (χ2v) is 3.54. The van der Waals surface area contributed by atoms with Crippen molar-refractivity contribution in [2.75, 3.05) is 13.6 Å². The van der Waals surface area contributed by atoms with Crippen molar-refractivity contribution >= 4 is 0 Å². The maximum absolute atomic E-state index is 13.3. The maximum atomic E-state index is 13.3. The van der Waals surface area contributed by atoms with Crippen LogP contribution in [0.3, 0.4) is 0 Å². The van der Waals surface area contributed by atoms with E-state index in [1.807, 2.05) is 0 Å². The Hall–Kier alpha value is -1.04. The number of halogens is 2. The van der Waals surface area contributed by atoms with E-state index < -0.39 is 29.4 Å². The van der Waals surface area contributed by atoms with Gasteiger partial charge in [-0.3, -0.25) is 0 Å². The molecule has 0 saturated carbocycles. The Morgan fingerprint density at radius 1 is 1.25 bits per heavy atom. The molecule has 1 aromatic rings. The molecule has 0 radical (unpaired) electrons. The van der Waals surface area contributed by atoms with Gasteiger partial charge in [0.2, 0.25) is 0 Å². The molecular formula is C11H15F2NO2. The summed E-state index contributed by atoms with van der Waals surface area (Å²) >= 11 is 0. The first-order valence-electron chi connectivity index (χ1n) is 5.02. The molecule has 1 rings (SSSR count). The SMILES string of the molecule is CNCCC(O)C(O)c1c(F)cccc1F. The lowest BCUT2D eigenvalue weighted by Crippen LogP contribution is -2.24. The van der Waals surface area contributed by atoms with Crippen LogP contribution in [0.2, 0.25) is 0 Å². The molecule has 0 aliphatic heterocycles. The van der Waals surface area contributed by atoms with Gasteiger partial charge in [-0.1, -0.05) is 6.07 Å². The minimum atomic E-state index is -1.55. The summed E-state index contributed by atoms with van der Waals surface area (Å²) in [6.45, 7) is 0.453. The molecule has 0 aliphatic carbocycles. The molecule has 5 heteroatoms. The van der Waals surface area contributed by atoms with Crippen LogP contribution in [-0.2, 0) is 0 Å². The van der Waals surface area contributed by atoms with Crippen LogP contribution in [0.25, 0.3) is 0 Å². The fraction of sp³-hybridized carbons (Fsp3) is 0.455. The molecule has 3 N–H and O–H groups in total. The van der Waals surface area contributed by atoms with Crippen molar-refractivity contribution in [1.29, 1.82) is 0 Å². The van der Waals surface area contributed by atoms with Crippen LogP contribution in [0.5, 0.6) is 0 Å². The number of aliphatic hydroxyl groups is 2. The van der Waals surface area contributed by atoms with Gasteiger partial charge in [0, 0.05) is 0 Å². The van der Waals surface area contributed by atoms with Gasteiger partial charge in [-0.15, -0.1) is 0 Å². The van der Waals surface area contributed by atoms with Gasteiger partial charge < -0.3 is 15.5 Å². The summed E-state index contributed by atoms with van der Waals surface area (Å²) in [5.74, 6) is -1.70. The van der Waals surface area contributed by atoms with Gasteiger partial charge in [0.15, 0.2) is 0 Å². The average molecular weight is 231 g/mol. The largest absolute Gasteiger partial charge is 0.390 e. The summed E-state index contributed by atoms with van der Waals surface area (Å²) in [4.78, 5) is 0.